The predicted octanol–water partition coefficient (Wildman–Crippen LogP) is 5.33. The van der Waals surface area contributed by atoms with E-state index in [1.54, 1.807) is 11.4 Å². The first-order valence-corrected chi connectivity index (χ1v) is 15.0. The van der Waals surface area contributed by atoms with Crippen LogP contribution < -0.4 is 4.74 Å². The molecule has 0 aromatic heterocycles. The Labute approximate surface area is 204 Å². The van der Waals surface area contributed by atoms with E-state index in [2.05, 4.69) is 33.0 Å². The van der Waals surface area contributed by atoms with E-state index in [4.69, 9.17) is 4.74 Å². The van der Waals surface area contributed by atoms with Crippen LogP contribution in [0.2, 0.25) is 0 Å². The number of nitrogens with zero attached hydrogens (tertiary/aromatic N) is 2. The number of benzene rings is 1. The van der Waals surface area contributed by atoms with Crippen molar-refractivity contribution < 1.29 is 13.2 Å². The normalized spacial score (nSPS) is 23.5. The van der Waals surface area contributed by atoms with Gasteiger partial charge in [-0.25, -0.2) is 8.42 Å². The number of sulfonamides is 1. The van der Waals surface area contributed by atoms with E-state index in [0.717, 1.165) is 36.8 Å². The maximum Gasteiger partial charge on any atom is 0.211 e. The number of rotatable bonds is 10. The molecule has 1 aliphatic heterocycles. The van der Waals surface area contributed by atoms with Crippen LogP contribution in [0.15, 0.2) is 22.7 Å². The van der Waals surface area contributed by atoms with Crippen LogP contribution in [-0.2, 0) is 16.4 Å². The van der Waals surface area contributed by atoms with E-state index in [9.17, 15) is 8.42 Å². The van der Waals surface area contributed by atoms with Gasteiger partial charge in [0.25, 0.3) is 0 Å². The van der Waals surface area contributed by atoms with Gasteiger partial charge in [0.2, 0.25) is 10.0 Å². The van der Waals surface area contributed by atoms with Crippen molar-refractivity contribution in [3.63, 3.8) is 0 Å². The van der Waals surface area contributed by atoms with Gasteiger partial charge in [-0.1, -0.05) is 22.9 Å². The Morgan fingerprint density at radius 2 is 1.78 bits per heavy atom. The molecule has 1 aliphatic carbocycles. The van der Waals surface area contributed by atoms with Gasteiger partial charge in [-0.2, -0.15) is 4.31 Å². The van der Waals surface area contributed by atoms with E-state index in [1.165, 1.54) is 74.5 Å². The summed E-state index contributed by atoms with van der Waals surface area (Å²) in [4.78, 5) is 2.64. The van der Waals surface area contributed by atoms with Gasteiger partial charge in [-0.05, 0) is 113 Å². The standard InChI is InChI=1S/C25H41BrN2O3S/c1-4-28(32(3,29)30)23-9-7-20(8-10-23)6-5-15-27-16-13-21(14-17-27)18-22-19-24(31-2)11-12-25(22)26/h11-12,19-21,23H,4-10,13-18H2,1-3H3. The van der Waals surface area contributed by atoms with Gasteiger partial charge in [0, 0.05) is 17.1 Å². The molecule has 0 bridgehead atoms. The first kappa shape index (κ1) is 26.0. The second-order valence-electron chi connectivity index (χ2n) is 9.73. The molecule has 182 valence electrons. The van der Waals surface area contributed by atoms with Crippen molar-refractivity contribution in [2.75, 3.05) is 39.5 Å². The zero-order chi connectivity index (χ0) is 23.1. The average molecular weight is 530 g/mol. The van der Waals surface area contributed by atoms with Crippen LogP contribution in [0, 0.1) is 11.8 Å². The summed E-state index contributed by atoms with van der Waals surface area (Å²) in [5.74, 6) is 2.46. The maximum atomic E-state index is 12.0. The minimum atomic E-state index is -3.08. The molecule has 1 heterocycles. The summed E-state index contributed by atoms with van der Waals surface area (Å²) in [7, 11) is -1.35. The van der Waals surface area contributed by atoms with Crippen LogP contribution >= 0.6 is 15.9 Å². The van der Waals surface area contributed by atoms with Gasteiger partial charge in [0.1, 0.15) is 5.75 Å². The molecule has 0 radical (unpaired) electrons. The molecule has 0 unspecified atom stereocenters. The smallest absolute Gasteiger partial charge is 0.211 e. The minimum Gasteiger partial charge on any atom is -0.497 e. The lowest BCUT2D eigenvalue weighted by Crippen LogP contribution is -2.41. The highest BCUT2D eigenvalue weighted by Gasteiger charge is 2.29. The average Bonchev–Trinajstić information content (AvgIpc) is 2.77. The van der Waals surface area contributed by atoms with Gasteiger partial charge in [0.15, 0.2) is 0 Å². The number of likely N-dealkylation sites (tertiary alicyclic amines) is 1. The molecule has 7 heteroatoms. The third kappa shape index (κ3) is 7.44. The first-order valence-electron chi connectivity index (χ1n) is 12.3. The van der Waals surface area contributed by atoms with Crippen molar-refractivity contribution in [2.24, 2.45) is 11.8 Å². The van der Waals surface area contributed by atoms with Crippen LogP contribution in [0.4, 0.5) is 0 Å². The van der Waals surface area contributed by atoms with E-state index in [1.807, 2.05) is 13.0 Å². The van der Waals surface area contributed by atoms with E-state index in [-0.39, 0.29) is 6.04 Å². The molecule has 0 N–H and O–H groups in total. The van der Waals surface area contributed by atoms with Crippen molar-refractivity contribution in [1.82, 2.24) is 9.21 Å². The number of methoxy groups -OCH3 is 1. The van der Waals surface area contributed by atoms with Crippen LogP contribution in [0.1, 0.15) is 63.9 Å². The molecule has 0 atom stereocenters. The van der Waals surface area contributed by atoms with Crippen molar-refractivity contribution >= 4 is 26.0 Å². The van der Waals surface area contributed by atoms with Gasteiger partial charge in [-0.15, -0.1) is 0 Å². The number of halogens is 1. The Morgan fingerprint density at radius 1 is 1.09 bits per heavy atom. The van der Waals surface area contributed by atoms with Crippen molar-refractivity contribution in [3.05, 3.63) is 28.2 Å². The third-order valence-corrected chi connectivity index (χ3v) is 9.70. The highest BCUT2D eigenvalue weighted by molar-refractivity contribution is 9.10. The Morgan fingerprint density at radius 3 is 2.38 bits per heavy atom. The Hall–Kier alpha value is -0.630. The Balaban J connectivity index is 1.33. The largest absolute Gasteiger partial charge is 0.497 e. The van der Waals surface area contributed by atoms with Gasteiger partial charge in [0.05, 0.1) is 13.4 Å². The lowest BCUT2D eigenvalue weighted by Gasteiger charge is -2.35. The van der Waals surface area contributed by atoms with E-state index < -0.39 is 10.0 Å². The number of piperidine rings is 1. The molecule has 5 nitrogen and oxygen atoms in total. The van der Waals surface area contributed by atoms with Gasteiger partial charge < -0.3 is 9.64 Å². The van der Waals surface area contributed by atoms with Crippen molar-refractivity contribution in [2.45, 2.75) is 70.8 Å². The fraction of sp³-hybridized carbons (Fsp3) is 0.760. The van der Waals surface area contributed by atoms with Crippen molar-refractivity contribution in [3.8, 4) is 5.75 Å². The van der Waals surface area contributed by atoms with Gasteiger partial charge in [-0.3, -0.25) is 0 Å². The molecule has 2 aliphatic rings. The third-order valence-electron chi connectivity index (χ3n) is 7.52. The van der Waals surface area contributed by atoms with E-state index in [0.29, 0.717) is 6.54 Å². The molecule has 1 saturated carbocycles. The van der Waals surface area contributed by atoms with Crippen LogP contribution in [0.5, 0.6) is 5.75 Å². The second-order valence-corrected chi connectivity index (χ2v) is 12.5. The molecule has 0 amide bonds. The second kappa shape index (κ2) is 12.2. The predicted molar refractivity (Wildman–Crippen MR) is 136 cm³/mol. The lowest BCUT2D eigenvalue weighted by molar-refractivity contribution is 0.169. The quantitative estimate of drug-likeness (QED) is 0.411. The summed E-state index contributed by atoms with van der Waals surface area (Å²) in [5, 5.41) is 0. The molecule has 3 rings (SSSR count). The molecular formula is C25H41BrN2O3S. The highest BCUT2D eigenvalue weighted by Crippen LogP contribution is 2.32. The number of hydrogen-bond donors (Lipinski definition) is 0. The highest BCUT2D eigenvalue weighted by atomic mass is 79.9. The Kier molecular flexibility index (Phi) is 9.89. The fourth-order valence-electron chi connectivity index (χ4n) is 5.65. The van der Waals surface area contributed by atoms with Crippen molar-refractivity contribution in [1.29, 1.82) is 0 Å². The summed E-state index contributed by atoms with van der Waals surface area (Å²) in [6.45, 7) is 6.17. The summed E-state index contributed by atoms with van der Waals surface area (Å²) in [6, 6.07) is 6.49. The maximum absolute atomic E-state index is 12.0. The molecule has 1 aromatic carbocycles. The first-order chi connectivity index (χ1) is 15.3. The fourth-order valence-corrected chi connectivity index (χ4v) is 7.28. The van der Waals surface area contributed by atoms with E-state index >= 15 is 0 Å². The number of hydrogen-bond acceptors (Lipinski definition) is 4. The Bertz CT molecular complexity index is 816. The van der Waals surface area contributed by atoms with Crippen LogP contribution in [-0.4, -0.2) is 63.2 Å². The van der Waals surface area contributed by atoms with Crippen LogP contribution in [0.25, 0.3) is 0 Å². The topological polar surface area (TPSA) is 49.9 Å². The molecule has 32 heavy (non-hydrogen) atoms. The minimum absolute atomic E-state index is 0.217. The SMILES string of the molecule is CCN(C1CCC(CCCN2CCC(Cc3cc(OC)ccc3Br)CC2)CC1)S(C)(=O)=O. The monoisotopic (exact) mass is 528 g/mol. The summed E-state index contributed by atoms with van der Waals surface area (Å²) in [6.07, 6.45) is 12.0. The molecule has 2 fully saturated rings. The molecule has 0 spiro atoms. The zero-order valence-electron chi connectivity index (χ0n) is 20.1. The number of ether oxygens (including phenoxy) is 1. The molecule has 1 saturated heterocycles. The summed E-state index contributed by atoms with van der Waals surface area (Å²) < 4.78 is 32.2. The zero-order valence-corrected chi connectivity index (χ0v) is 22.5. The molecule has 1 aromatic rings. The summed E-state index contributed by atoms with van der Waals surface area (Å²) in [5.41, 5.74) is 1.36. The lowest BCUT2D eigenvalue weighted by atomic mass is 9.83. The molecular weight excluding hydrogens is 488 g/mol. The van der Waals surface area contributed by atoms with Gasteiger partial charge >= 0.3 is 0 Å². The van der Waals surface area contributed by atoms with Crippen LogP contribution in [0.3, 0.4) is 0 Å². The summed E-state index contributed by atoms with van der Waals surface area (Å²) >= 11 is 3.70.